The number of amides is 2. The fourth-order valence-corrected chi connectivity index (χ4v) is 3.59. The van der Waals surface area contributed by atoms with Gasteiger partial charge in [0.05, 0.1) is 12.0 Å². The standard InChI is InChI=1S/C13H22N2O4/c1-7(16)6-15(2)13(19)14-11-9-4-3-8(5-9)10(11)12(17)18/h7-11,16H,3-6H2,1-2H3,(H,14,19)(H,17,18). The van der Waals surface area contributed by atoms with Crippen molar-refractivity contribution in [3.05, 3.63) is 0 Å². The van der Waals surface area contributed by atoms with Crippen molar-refractivity contribution in [1.29, 1.82) is 0 Å². The molecule has 108 valence electrons. The summed E-state index contributed by atoms with van der Waals surface area (Å²) < 4.78 is 0. The van der Waals surface area contributed by atoms with Gasteiger partial charge in [-0.25, -0.2) is 4.79 Å². The van der Waals surface area contributed by atoms with Crippen molar-refractivity contribution in [3.63, 3.8) is 0 Å². The van der Waals surface area contributed by atoms with E-state index in [0.29, 0.717) is 0 Å². The number of hydrogen-bond acceptors (Lipinski definition) is 3. The van der Waals surface area contributed by atoms with E-state index >= 15 is 0 Å². The normalized spacial score (nSPS) is 34.1. The van der Waals surface area contributed by atoms with Gasteiger partial charge >= 0.3 is 12.0 Å². The van der Waals surface area contributed by atoms with Crippen LogP contribution in [0.4, 0.5) is 4.79 Å². The maximum absolute atomic E-state index is 12.0. The van der Waals surface area contributed by atoms with Gasteiger partial charge in [0, 0.05) is 19.6 Å². The van der Waals surface area contributed by atoms with Gasteiger partial charge in [0.25, 0.3) is 0 Å². The summed E-state index contributed by atoms with van der Waals surface area (Å²) in [6, 6.07) is -0.565. The Morgan fingerprint density at radius 3 is 2.58 bits per heavy atom. The summed E-state index contributed by atoms with van der Waals surface area (Å²) in [5.41, 5.74) is 0. The van der Waals surface area contributed by atoms with E-state index in [9.17, 15) is 19.8 Å². The van der Waals surface area contributed by atoms with E-state index in [-0.39, 0.29) is 30.5 Å². The lowest BCUT2D eigenvalue weighted by Crippen LogP contribution is -2.51. The lowest BCUT2D eigenvalue weighted by Gasteiger charge is -2.31. The molecule has 19 heavy (non-hydrogen) atoms. The molecule has 2 fully saturated rings. The van der Waals surface area contributed by atoms with Crippen molar-refractivity contribution in [1.82, 2.24) is 10.2 Å². The molecule has 0 aromatic carbocycles. The number of aliphatic carboxylic acids is 1. The van der Waals surface area contributed by atoms with E-state index in [2.05, 4.69) is 5.32 Å². The Bertz CT molecular complexity index is 372. The lowest BCUT2D eigenvalue weighted by molar-refractivity contribution is -0.144. The number of urea groups is 1. The molecule has 0 heterocycles. The summed E-state index contributed by atoms with van der Waals surface area (Å²) in [7, 11) is 1.60. The minimum absolute atomic E-state index is 0.204. The van der Waals surface area contributed by atoms with Crippen LogP contribution in [0.25, 0.3) is 0 Å². The molecular formula is C13H22N2O4. The number of carboxylic acid groups (broad SMARTS) is 1. The van der Waals surface area contributed by atoms with E-state index in [1.807, 2.05) is 0 Å². The van der Waals surface area contributed by atoms with Crippen LogP contribution in [-0.2, 0) is 4.79 Å². The zero-order valence-corrected chi connectivity index (χ0v) is 11.4. The monoisotopic (exact) mass is 270 g/mol. The molecule has 2 saturated carbocycles. The van der Waals surface area contributed by atoms with E-state index < -0.39 is 18.0 Å². The second-order valence-electron chi connectivity index (χ2n) is 5.90. The van der Waals surface area contributed by atoms with Crippen LogP contribution in [0.5, 0.6) is 0 Å². The molecule has 2 bridgehead atoms. The molecule has 2 rings (SSSR count). The van der Waals surface area contributed by atoms with Crippen molar-refractivity contribution in [3.8, 4) is 0 Å². The van der Waals surface area contributed by atoms with Gasteiger partial charge in [-0.3, -0.25) is 4.79 Å². The number of likely N-dealkylation sites (N-methyl/N-ethyl adjacent to an activating group) is 1. The van der Waals surface area contributed by atoms with Crippen molar-refractivity contribution < 1.29 is 19.8 Å². The van der Waals surface area contributed by atoms with Crippen LogP contribution >= 0.6 is 0 Å². The highest BCUT2D eigenvalue weighted by Crippen LogP contribution is 2.48. The Hall–Kier alpha value is -1.30. The molecule has 3 N–H and O–H groups in total. The minimum Gasteiger partial charge on any atom is -0.481 e. The Morgan fingerprint density at radius 2 is 2.00 bits per heavy atom. The molecule has 2 amide bonds. The SMILES string of the molecule is CC(O)CN(C)C(=O)NC1C2CCC(C2)C1C(=O)O. The maximum Gasteiger partial charge on any atom is 0.317 e. The fourth-order valence-electron chi connectivity index (χ4n) is 3.59. The zero-order chi connectivity index (χ0) is 14.2. The topological polar surface area (TPSA) is 89.9 Å². The fraction of sp³-hybridized carbons (Fsp3) is 0.846. The van der Waals surface area contributed by atoms with E-state index in [0.717, 1.165) is 19.3 Å². The average Bonchev–Trinajstić information content (AvgIpc) is 2.87. The van der Waals surface area contributed by atoms with Crippen molar-refractivity contribution in [2.24, 2.45) is 17.8 Å². The van der Waals surface area contributed by atoms with Gasteiger partial charge in [0.2, 0.25) is 0 Å². The third-order valence-electron chi connectivity index (χ3n) is 4.38. The molecule has 0 spiro atoms. The minimum atomic E-state index is -0.810. The molecule has 0 aliphatic heterocycles. The molecule has 5 atom stereocenters. The van der Waals surface area contributed by atoms with Crippen LogP contribution in [0, 0.1) is 17.8 Å². The summed E-state index contributed by atoms with van der Waals surface area (Å²) in [6.45, 7) is 1.85. The highest BCUT2D eigenvalue weighted by molar-refractivity contribution is 5.77. The number of nitrogens with zero attached hydrogens (tertiary/aromatic N) is 1. The van der Waals surface area contributed by atoms with Crippen LogP contribution < -0.4 is 5.32 Å². The molecular weight excluding hydrogens is 248 g/mol. The molecule has 6 heteroatoms. The first-order valence-corrected chi connectivity index (χ1v) is 6.82. The summed E-state index contributed by atoms with van der Waals surface area (Å²) in [5.74, 6) is -0.775. The number of fused-ring (bicyclic) bond motifs is 2. The third kappa shape index (κ3) is 2.83. The number of carboxylic acids is 1. The molecule has 0 aromatic rings. The number of aliphatic hydroxyl groups excluding tert-OH is 1. The van der Waals surface area contributed by atoms with Crippen LogP contribution in [-0.4, -0.2) is 52.9 Å². The number of nitrogens with one attached hydrogen (secondary N) is 1. The van der Waals surface area contributed by atoms with Crippen molar-refractivity contribution in [2.45, 2.75) is 38.3 Å². The highest BCUT2D eigenvalue weighted by atomic mass is 16.4. The predicted octanol–water partition coefficient (Wildman–Crippen LogP) is 0.508. The van der Waals surface area contributed by atoms with Crippen molar-refractivity contribution in [2.75, 3.05) is 13.6 Å². The molecule has 6 nitrogen and oxygen atoms in total. The summed E-state index contributed by atoms with van der Waals surface area (Å²) in [4.78, 5) is 24.7. The number of carbonyl (C=O) groups is 2. The van der Waals surface area contributed by atoms with Crippen molar-refractivity contribution >= 4 is 12.0 Å². The van der Waals surface area contributed by atoms with Gasteiger partial charge in [-0.1, -0.05) is 0 Å². The van der Waals surface area contributed by atoms with Crippen LogP contribution in [0.15, 0.2) is 0 Å². The Kier molecular flexibility index (Phi) is 3.99. The quantitative estimate of drug-likeness (QED) is 0.694. The van der Waals surface area contributed by atoms with E-state index in [4.69, 9.17) is 0 Å². The van der Waals surface area contributed by atoms with E-state index in [1.54, 1.807) is 14.0 Å². The first kappa shape index (κ1) is 14.1. The predicted molar refractivity (Wildman–Crippen MR) is 68.6 cm³/mol. The number of rotatable bonds is 4. The second kappa shape index (κ2) is 5.36. The van der Waals surface area contributed by atoms with Gasteiger partial charge in [-0.2, -0.15) is 0 Å². The van der Waals surface area contributed by atoms with Gasteiger partial charge in [-0.05, 0) is 38.0 Å². The molecule has 5 unspecified atom stereocenters. The molecule has 0 aromatic heterocycles. The summed E-state index contributed by atoms with van der Waals surface area (Å²) in [6.07, 6.45) is 2.27. The van der Waals surface area contributed by atoms with Gasteiger partial charge < -0.3 is 20.4 Å². The highest BCUT2D eigenvalue weighted by Gasteiger charge is 2.51. The van der Waals surface area contributed by atoms with E-state index in [1.165, 1.54) is 4.90 Å². The Labute approximate surface area is 112 Å². The second-order valence-corrected chi connectivity index (χ2v) is 5.90. The van der Waals surface area contributed by atoms with Gasteiger partial charge in [0.1, 0.15) is 0 Å². The molecule has 2 aliphatic carbocycles. The number of hydrogen-bond donors (Lipinski definition) is 3. The summed E-state index contributed by atoms with van der Waals surface area (Å²) >= 11 is 0. The Morgan fingerprint density at radius 1 is 1.37 bits per heavy atom. The van der Waals surface area contributed by atoms with Crippen LogP contribution in [0.1, 0.15) is 26.2 Å². The average molecular weight is 270 g/mol. The maximum atomic E-state index is 12.0. The molecule has 2 aliphatic rings. The Balaban J connectivity index is 1.98. The number of carbonyl (C=O) groups excluding carboxylic acids is 1. The molecule has 0 saturated heterocycles. The number of aliphatic hydroxyl groups is 1. The summed E-state index contributed by atoms with van der Waals surface area (Å²) in [5, 5.41) is 21.4. The third-order valence-corrected chi connectivity index (χ3v) is 4.38. The van der Waals surface area contributed by atoms with Gasteiger partial charge in [0.15, 0.2) is 0 Å². The smallest absolute Gasteiger partial charge is 0.317 e. The molecule has 0 radical (unpaired) electrons. The van der Waals surface area contributed by atoms with Gasteiger partial charge in [-0.15, -0.1) is 0 Å². The lowest BCUT2D eigenvalue weighted by atomic mass is 9.84. The first-order valence-electron chi connectivity index (χ1n) is 6.82. The van der Waals surface area contributed by atoms with Crippen LogP contribution in [0.2, 0.25) is 0 Å². The zero-order valence-electron chi connectivity index (χ0n) is 11.4. The largest absolute Gasteiger partial charge is 0.481 e. The van der Waals surface area contributed by atoms with Crippen LogP contribution in [0.3, 0.4) is 0 Å². The first-order chi connectivity index (χ1) is 8.90.